The van der Waals surface area contributed by atoms with Gasteiger partial charge in [0, 0.05) is 30.6 Å². The average molecular weight is 308 g/mol. The van der Waals surface area contributed by atoms with Gasteiger partial charge in [-0.05, 0) is 34.6 Å². The van der Waals surface area contributed by atoms with Crippen LogP contribution < -0.4 is 10.6 Å². The topological polar surface area (TPSA) is 87.5 Å². The lowest BCUT2D eigenvalue weighted by molar-refractivity contribution is -0.131. The van der Waals surface area contributed by atoms with Gasteiger partial charge in [0.25, 0.3) is 0 Å². The second kappa shape index (κ2) is 5.98. The first-order valence-electron chi connectivity index (χ1n) is 7.45. The Kier molecular flexibility index (Phi) is 4.44. The van der Waals surface area contributed by atoms with Crippen molar-refractivity contribution in [2.24, 2.45) is 0 Å². The first-order valence-corrected chi connectivity index (χ1v) is 7.45. The molecule has 1 aromatic rings. The van der Waals surface area contributed by atoms with Crippen LogP contribution in [0.4, 0.5) is 4.79 Å². The molecular formula is C15H24N4O3. The maximum Gasteiger partial charge on any atom is 0.315 e. The zero-order valence-electron chi connectivity index (χ0n) is 13.8. The molecule has 1 saturated heterocycles. The van der Waals surface area contributed by atoms with E-state index in [0.717, 1.165) is 11.3 Å². The van der Waals surface area contributed by atoms with E-state index in [1.165, 1.54) is 0 Å². The lowest BCUT2D eigenvalue weighted by Gasteiger charge is -2.32. The third kappa shape index (κ3) is 3.58. The van der Waals surface area contributed by atoms with Crippen molar-refractivity contribution in [2.45, 2.75) is 59.2 Å². The van der Waals surface area contributed by atoms with E-state index in [2.05, 4.69) is 15.8 Å². The van der Waals surface area contributed by atoms with Crippen LogP contribution in [0.3, 0.4) is 0 Å². The molecule has 2 N–H and O–H groups in total. The Balaban J connectivity index is 1.85. The monoisotopic (exact) mass is 308 g/mol. The van der Waals surface area contributed by atoms with Crippen molar-refractivity contribution in [2.75, 3.05) is 6.54 Å². The molecule has 0 aromatic carbocycles. The van der Waals surface area contributed by atoms with Gasteiger partial charge in [0.2, 0.25) is 5.91 Å². The number of carbonyl (C=O) groups excluding carboxylic acids is 2. The number of nitrogens with zero attached hydrogens (tertiary/aromatic N) is 2. The van der Waals surface area contributed by atoms with Crippen molar-refractivity contribution in [3.63, 3.8) is 0 Å². The number of likely N-dealkylation sites (tertiary alicyclic amines) is 1. The minimum Gasteiger partial charge on any atom is -0.361 e. The van der Waals surface area contributed by atoms with E-state index >= 15 is 0 Å². The van der Waals surface area contributed by atoms with Crippen LogP contribution in [0.5, 0.6) is 0 Å². The molecule has 7 nitrogen and oxygen atoms in total. The number of hydrogen-bond acceptors (Lipinski definition) is 4. The van der Waals surface area contributed by atoms with Crippen molar-refractivity contribution in [1.29, 1.82) is 0 Å². The Morgan fingerprint density at radius 2 is 2.09 bits per heavy atom. The van der Waals surface area contributed by atoms with Crippen molar-refractivity contribution in [3.05, 3.63) is 17.0 Å². The zero-order valence-corrected chi connectivity index (χ0v) is 13.8. The molecule has 0 spiro atoms. The molecule has 1 aromatic heterocycles. The highest BCUT2D eigenvalue weighted by Crippen LogP contribution is 2.21. The fraction of sp³-hybridized carbons (Fsp3) is 0.667. The van der Waals surface area contributed by atoms with Crippen LogP contribution in [0.2, 0.25) is 0 Å². The minimum absolute atomic E-state index is 0.0727. The second-order valence-corrected chi connectivity index (χ2v) is 6.71. The van der Waals surface area contributed by atoms with E-state index in [0.29, 0.717) is 25.3 Å². The van der Waals surface area contributed by atoms with Gasteiger partial charge in [0.05, 0.1) is 11.7 Å². The van der Waals surface area contributed by atoms with Crippen LogP contribution in [-0.2, 0) is 11.3 Å². The molecule has 2 rings (SSSR count). The van der Waals surface area contributed by atoms with Gasteiger partial charge < -0.3 is 20.1 Å². The number of rotatable bonds is 3. The molecular weight excluding hydrogens is 284 g/mol. The first kappa shape index (κ1) is 16.3. The molecule has 1 fully saturated rings. The molecule has 1 aliphatic rings. The third-order valence-electron chi connectivity index (χ3n) is 3.88. The van der Waals surface area contributed by atoms with Gasteiger partial charge in [-0.3, -0.25) is 4.79 Å². The molecule has 1 aliphatic heterocycles. The summed E-state index contributed by atoms with van der Waals surface area (Å²) in [5.41, 5.74) is 1.43. The maximum atomic E-state index is 12.0. The second-order valence-electron chi connectivity index (χ2n) is 6.71. The Morgan fingerprint density at radius 3 is 2.59 bits per heavy atom. The molecule has 122 valence electrons. The summed E-state index contributed by atoms with van der Waals surface area (Å²) in [5.74, 6) is 0.774. The van der Waals surface area contributed by atoms with E-state index in [9.17, 15) is 9.59 Å². The van der Waals surface area contributed by atoms with Crippen molar-refractivity contribution >= 4 is 11.9 Å². The fourth-order valence-electron chi connectivity index (χ4n) is 2.61. The molecule has 0 radical (unpaired) electrons. The van der Waals surface area contributed by atoms with E-state index in [1.54, 1.807) is 4.90 Å². The first-order chi connectivity index (χ1) is 10.2. The summed E-state index contributed by atoms with van der Waals surface area (Å²) in [6.45, 7) is 10.5. The zero-order chi connectivity index (χ0) is 16.5. The molecule has 0 saturated carbocycles. The molecule has 0 aliphatic carbocycles. The third-order valence-corrected chi connectivity index (χ3v) is 3.88. The van der Waals surface area contributed by atoms with Crippen LogP contribution in [0.1, 0.15) is 44.2 Å². The SMILES string of the molecule is Cc1noc(C)c1CNC(=O)N[C@H]1CC(=O)N(C(C)(C)C)C1. The van der Waals surface area contributed by atoms with Gasteiger partial charge in [-0.25, -0.2) is 4.79 Å². The smallest absolute Gasteiger partial charge is 0.315 e. The summed E-state index contributed by atoms with van der Waals surface area (Å²) < 4.78 is 5.05. The summed E-state index contributed by atoms with van der Waals surface area (Å²) >= 11 is 0. The number of carbonyl (C=O) groups is 2. The van der Waals surface area contributed by atoms with Gasteiger partial charge in [0.1, 0.15) is 5.76 Å². The highest BCUT2D eigenvalue weighted by molar-refractivity contribution is 5.82. The quantitative estimate of drug-likeness (QED) is 0.885. The van der Waals surface area contributed by atoms with Crippen LogP contribution in [0.15, 0.2) is 4.52 Å². The highest BCUT2D eigenvalue weighted by Gasteiger charge is 2.36. The van der Waals surface area contributed by atoms with Crippen molar-refractivity contribution < 1.29 is 14.1 Å². The maximum absolute atomic E-state index is 12.0. The van der Waals surface area contributed by atoms with Gasteiger partial charge in [-0.15, -0.1) is 0 Å². The highest BCUT2D eigenvalue weighted by atomic mass is 16.5. The number of aryl methyl sites for hydroxylation is 2. The van der Waals surface area contributed by atoms with Crippen LogP contribution in [-0.4, -0.2) is 40.1 Å². The van der Waals surface area contributed by atoms with Crippen LogP contribution in [0, 0.1) is 13.8 Å². The Bertz CT molecular complexity index is 554. The van der Waals surface area contributed by atoms with Crippen molar-refractivity contribution in [1.82, 2.24) is 20.7 Å². The van der Waals surface area contributed by atoms with Crippen LogP contribution >= 0.6 is 0 Å². The largest absolute Gasteiger partial charge is 0.361 e. The Labute approximate surface area is 130 Å². The number of urea groups is 1. The summed E-state index contributed by atoms with van der Waals surface area (Å²) in [7, 11) is 0. The molecule has 7 heteroatoms. The number of nitrogens with one attached hydrogen (secondary N) is 2. The summed E-state index contributed by atoms with van der Waals surface area (Å²) in [6, 6.07) is -0.440. The van der Waals surface area contributed by atoms with E-state index in [4.69, 9.17) is 4.52 Å². The van der Waals surface area contributed by atoms with Crippen LogP contribution in [0.25, 0.3) is 0 Å². The van der Waals surface area contributed by atoms with Gasteiger partial charge >= 0.3 is 6.03 Å². The molecule has 3 amide bonds. The van der Waals surface area contributed by atoms with Gasteiger partial charge in [0.15, 0.2) is 0 Å². The van der Waals surface area contributed by atoms with E-state index < -0.39 is 0 Å². The fourth-order valence-corrected chi connectivity index (χ4v) is 2.61. The predicted octanol–water partition coefficient (Wildman–Crippen LogP) is 1.49. The normalized spacial score (nSPS) is 18.7. The Hall–Kier alpha value is -2.05. The molecule has 0 bridgehead atoms. The average Bonchev–Trinajstić information content (AvgIpc) is 2.91. The molecule has 0 unspecified atom stereocenters. The number of aromatic nitrogens is 1. The van der Waals surface area contributed by atoms with Gasteiger partial charge in [-0.1, -0.05) is 5.16 Å². The molecule has 2 heterocycles. The van der Waals surface area contributed by atoms with E-state index in [1.807, 2.05) is 34.6 Å². The lowest BCUT2D eigenvalue weighted by atomic mass is 10.1. The summed E-state index contributed by atoms with van der Waals surface area (Å²) in [5, 5.41) is 9.48. The lowest BCUT2D eigenvalue weighted by Crippen LogP contribution is -2.46. The standard InChI is InChI=1S/C15H24N4O3/c1-9-12(10(2)22-18-9)7-16-14(21)17-11-6-13(20)19(8-11)15(3,4)5/h11H,6-8H2,1-5H3,(H2,16,17,21)/t11-/m0/s1. The number of hydrogen-bond donors (Lipinski definition) is 2. The minimum atomic E-state index is -0.284. The summed E-state index contributed by atoms with van der Waals surface area (Å²) in [6.07, 6.45) is 0.343. The molecule has 22 heavy (non-hydrogen) atoms. The van der Waals surface area contributed by atoms with E-state index in [-0.39, 0.29) is 23.5 Å². The van der Waals surface area contributed by atoms with Gasteiger partial charge in [-0.2, -0.15) is 0 Å². The predicted molar refractivity (Wildman–Crippen MR) is 81.2 cm³/mol. The summed E-state index contributed by atoms with van der Waals surface area (Å²) in [4.78, 5) is 25.8. The Morgan fingerprint density at radius 1 is 1.41 bits per heavy atom. The number of amides is 3. The molecule has 1 atom stereocenters. The van der Waals surface area contributed by atoms with Crippen molar-refractivity contribution in [3.8, 4) is 0 Å².